The smallest absolute Gasteiger partial charge is 0.243 e. The fourth-order valence-corrected chi connectivity index (χ4v) is 1.42. The molecule has 3 N–H and O–H groups in total. The zero-order valence-corrected chi connectivity index (χ0v) is 10.3. The van der Waals surface area contributed by atoms with Crippen LogP contribution < -0.4 is 11.1 Å². The van der Waals surface area contributed by atoms with E-state index in [1.54, 1.807) is 0 Å². The summed E-state index contributed by atoms with van der Waals surface area (Å²) in [7, 11) is 1.45. The third kappa shape index (κ3) is 3.55. The number of ether oxygens (including phenoxy) is 1. The minimum atomic E-state index is -0.778. The molecule has 0 fully saturated rings. The summed E-state index contributed by atoms with van der Waals surface area (Å²) in [4.78, 5) is 11.5. The van der Waals surface area contributed by atoms with E-state index in [1.165, 1.54) is 25.3 Å². The highest BCUT2D eigenvalue weighted by Crippen LogP contribution is 2.22. The monoisotopic (exact) mass is 290 g/mol. The van der Waals surface area contributed by atoms with Crippen LogP contribution in [0.4, 0.5) is 10.1 Å². The summed E-state index contributed by atoms with van der Waals surface area (Å²) in [6, 6.07) is 3.23. The standard InChI is InChI=1S/C10H12BrFN2O2/c1-16-5-8(13)10(15)14-9-4-6(12)2-3-7(9)11/h2-4,8H,5,13H2,1H3,(H,14,15). The molecule has 1 rings (SSSR count). The molecular formula is C10H12BrFN2O2. The number of carbonyl (C=O) groups excluding carboxylic acids is 1. The molecule has 1 unspecified atom stereocenters. The molecule has 1 atom stereocenters. The Morgan fingerprint density at radius 1 is 1.69 bits per heavy atom. The molecule has 0 aliphatic rings. The number of benzene rings is 1. The van der Waals surface area contributed by atoms with Crippen molar-refractivity contribution in [2.75, 3.05) is 19.0 Å². The lowest BCUT2D eigenvalue weighted by atomic mass is 10.2. The maximum Gasteiger partial charge on any atom is 0.243 e. The summed E-state index contributed by atoms with van der Waals surface area (Å²) >= 11 is 3.19. The Labute approximate surface area is 101 Å². The van der Waals surface area contributed by atoms with Crippen LogP contribution in [-0.2, 0) is 9.53 Å². The number of amides is 1. The van der Waals surface area contributed by atoms with Crippen molar-refractivity contribution in [3.63, 3.8) is 0 Å². The number of nitrogens with one attached hydrogen (secondary N) is 1. The van der Waals surface area contributed by atoms with Gasteiger partial charge in [-0.1, -0.05) is 0 Å². The van der Waals surface area contributed by atoms with Crippen molar-refractivity contribution >= 4 is 27.5 Å². The van der Waals surface area contributed by atoms with Gasteiger partial charge in [-0.25, -0.2) is 4.39 Å². The van der Waals surface area contributed by atoms with Crippen molar-refractivity contribution in [2.24, 2.45) is 5.73 Å². The Morgan fingerprint density at radius 3 is 3.00 bits per heavy atom. The SMILES string of the molecule is COCC(N)C(=O)Nc1cc(F)ccc1Br. The van der Waals surface area contributed by atoms with Crippen LogP contribution in [0.5, 0.6) is 0 Å². The van der Waals surface area contributed by atoms with Crippen LogP contribution in [0.15, 0.2) is 22.7 Å². The molecule has 0 spiro atoms. The van der Waals surface area contributed by atoms with Gasteiger partial charge in [-0.05, 0) is 34.1 Å². The van der Waals surface area contributed by atoms with Gasteiger partial charge in [-0.3, -0.25) is 4.79 Å². The molecule has 0 saturated heterocycles. The molecule has 6 heteroatoms. The number of hydrogen-bond acceptors (Lipinski definition) is 3. The highest BCUT2D eigenvalue weighted by Gasteiger charge is 2.14. The fraction of sp³-hybridized carbons (Fsp3) is 0.300. The summed E-state index contributed by atoms with van der Waals surface area (Å²) in [6.45, 7) is 0.110. The number of anilines is 1. The third-order valence-corrected chi connectivity index (χ3v) is 2.56. The van der Waals surface area contributed by atoms with E-state index < -0.39 is 17.8 Å². The molecule has 1 amide bonds. The Balaban J connectivity index is 2.72. The van der Waals surface area contributed by atoms with E-state index in [4.69, 9.17) is 10.5 Å². The second-order valence-electron chi connectivity index (χ2n) is 3.18. The second-order valence-corrected chi connectivity index (χ2v) is 4.03. The Hall–Kier alpha value is -0.980. The van der Waals surface area contributed by atoms with Crippen LogP contribution in [0, 0.1) is 5.82 Å². The van der Waals surface area contributed by atoms with E-state index in [-0.39, 0.29) is 6.61 Å². The Bertz CT molecular complexity index is 387. The van der Waals surface area contributed by atoms with Gasteiger partial charge in [0.1, 0.15) is 11.9 Å². The number of halogens is 2. The first-order valence-corrected chi connectivity index (χ1v) is 5.34. The highest BCUT2D eigenvalue weighted by atomic mass is 79.9. The zero-order valence-electron chi connectivity index (χ0n) is 8.67. The van der Waals surface area contributed by atoms with E-state index >= 15 is 0 Å². The van der Waals surface area contributed by atoms with Gasteiger partial charge in [0.05, 0.1) is 12.3 Å². The van der Waals surface area contributed by atoms with Crippen LogP contribution in [0.2, 0.25) is 0 Å². The van der Waals surface area contributed by atoms with Gasteiger partial charge in [0.15, 0.2) is 0 Å². The average Bonchev–Trinajstić information content (AvgIpc) is 2.23. The highest BCUT2D eigenvalue weighted by molar-refractivity contribution is 9.10. The second kappa shape index (κ2) is 5.93. The minimum absolute atomic E-state index is 0.110. The van der Waals surface area contributed by atoms with E-state index in [9.17, 15) is 9.18 Å². The minimum Gasteiger partial charge on any atom is -0.383 e. The number of rotatable bonds is 4. The first-order chi connectivity index (χ1) is 7.54. The lowest BCUT2D eigenvalue weighted by Gasteiger charge is -2.12. The predicted molar refractivity (Wildman–Crippen MR) is 62.6 cm³/mol. The summed E-state index contributed by atoms with van der Waals surface area (Å²) < 4.78 is 18.3. The topological polar surface area (TPSA) is 64.3 Å². The van der Waals surface area contributed by atoms with Gasteiger partial charge in [-0.15, -0.1) is 0 Å². The van der Waals surface area contributed by atoms with Crippen molar-refractivity contribution in [3.05, 3.63) is 28.5 Å². The lowest BCUT2D eigenvalue weighted by molar-refractivity contribution is -0.118. The van der Waals surface area contributed by atoms with Gasteiger partial charge in [0.2, 0.25) is 5.91 Å². The number of nitrogens with two attached hydrogens (primary N) is 1. The largest absolute Gasteiger partial charge is 0.383 e. The van der Waals surface area contributed by atoms with E-state index in [0.717, 1.165) is 0 Å². The summed E-state index contributed by atoms with van der Waals surface area (Å²) in [6.07, 6.45) is 0. The van der Waals surface area contributed by atoms with Crippen molar-refractivity contribution in [1.82, 2.24) is 0 Å². The summed E-state index contributed by atoms with van der Waals surface area (Å²) in [5.74, 6) is -0.855. The quantitative estimate of drug-likeness (QED) is 0.883. The van der Waals surface area contributed by atoms with Crippen molar-refractivity contribution in [1.29, 1.82) is 0 Å². The first-order valence-electron chi connectivity index (χ1n) is 4.55. The molecule has 0 radical (unpaired) electrons. The number of hydrogen-bond donors (Lipinski definition) is 2. The molecule has 4 nitrogen and oxygen atoms in total. The normalized spacial score (nSPS) is 12.2. The van der Waals surface area contributed by atoms with Crippen LogP contribution in [0.1, 0.15) is 0 Å². The molecule has 1 aromatic carbocycles. The summed E-state index contributed by atoms with van der Waals surface area (Å²) in [5, 5.41) is 2.50. The molecule has 0 aliphatic heterocycles. The van der Waals surface area contributed by atoms with Crippen LogP contribution in [-0.4, -0.2) is 25.7 Å². The van der Waals surface area contributed by atoms with Gasteiger partial charge in [0.25, 0.3) is 0 Å². The van der Waals surface area contributed by atoms with E-state index in [1.807, 2.05) is 0 Å². The molecule has 0 saturated carbocycles. The van der Waals surface area contributed by atoms with Crippen LogP contribution >= 0.6 is 15.9 Å². The average molecular weight is 291 g/mol. The fourth-order valence-electron chi connectivity index (χ4n) is 1.07. The molecule has 88 valence electrons. The molecule has 0 heterocycles. The molecule has 0 aliphatic carbocycles. The number of methoxy groups -OCH3 is 1. The number of carbonyl (C=O) groups is 1. The third-order valence-electron chi connectivity index (χ3n) is 1.87. The summed E-state index contributed by atoms with van der Waals surface area (Å²) in [5.41, 5.74) is 5.86. The van der Waals surface area contributed by atoms with E-state index in [0.29, 0.717) is 10.2 Å². The van der Waals surface area contributed by atoms with Crippen molar-refractivity contribution < 1.29 is 13.9 Å². The van der Waals surface area contributed by atoms with Gasteiger partial charge in [-0.2, -0.15) is 0 Å². The zero-order chi connectivity index (χ0) is 12.1. The molecule has 0 aromatic heterocycles. The molecule has 1 aromatic rings. The molecule has 0 bridgehead atoms. The molecular weight excluding hydrogens is 279 g/mol. The van der Waals surface area contributed by atoms with Gasteiger partial charge >= 0.3 is 0 Å². The first kappa shape index (κ1) is 13.1. The Morgan fingerprint density at radius 2 is 2.38 bits per heavy atom. The predicted octanol–water partition coefficient (Wildman–Crippen LogP) is 1.50. The Kier molecular flexibility index (Phi) is 4.85. The molecule has 16 heavy (non-hydrogen) atoms. The van der Waals surface area contributed by atoms with Gasteiger partial charge < -0.3 is 15.8 Å². The van der Waals surface area contributed by atoms with Crippen molar-refractivity contribution in [2.45, 2.75) is 6.04 Å². The van der Waals surface area contributed by atoms with E-state index in [2.05, 4.69) is 21.2 Å². The van der Waals surface area contributed by atoms with Crippen molar-refractivity contribution in [3.8, 4) is 0 Å². The lowest BCUT2D eigenvalue weighted by Crippen LogP contribution is -2.39. The maximum atomic E-state index is 12.9. The van der Waals surface area contributed by atoms with Crippen LogP contribution in [0.3, 0.4) is 0 Å². The van der Waals surface area contributed by atoms with Gasteiger partial charge in [0, 0.05) is 11.6 Å². The van der Waals surface area contributed by atoms with Crippen LogP contribution in [0.25, 0.3) is 0 Å². The maximum absolute atomic E-state index is 12.9.